The molecule has 0 saturated carbocycles. The van der Waals surface area contributed by atoms with Gasteiger partial charge in [0.25, 0.3) is 0 Å². The molecule has 2 aromatic rings. The number of ether oxygens (including phenoxy) is 2. The Kier molecular flexibility index (Phi) is 1.68. The Balaban J connectivity index is 2.37. The molecular formula is C11H9NO3. The van der Waals surface area contributed by atoms with Crippen LogP contribution in [0, 0.1) is 0 Å². The van der Waals surface area contributed by atoms with E-state index in [-0.39, 0.29) is 0 Å². The van der Waals surface area contributed by atoms with E-state index >= 15 is 0 Å². The average molecular weight is 203 g/mol. The highest BCUT2D eigenvalue weighted by atomic mass is 16.6. The summed E-state index contributed by atoms with van der Waals surface area (Å²) in [6.45, 7) is 1.08. The van der Waals surface area contributed by atoms with E-state index in [1.54, 1.807) is 6.20 Å². The summed E-state index contributed by atoms with van der Waals surface area (Å²) < 4.78 is 11.0. The quantitative estimate of drug-likeness (QED) is 0.718. The molecule has 1 aliphatic heterocycles. The number of hydrogen-bond donors (Lipinski definition) is 1. The van der Waals surface area contributed by atoms with Crippen LogP contribution in [0.3, 0.4) is 0 Å². The summed E-state index contributed by atoms with van der Waals surface area (Å²) in [5.41, 5.74) is 1.49. The molecule has 1 aromatic carbocycles. The molecular weight excluding hydrogens is 194 g/mol. The minimum Gasteiger partial charge on any atom is -0.486 e. The molecule has 0 atom stereocenters. The molecule has 0 unspecified atom stereocenters. The molecule has 0 saturated heterocycles. The molecule has 0 radical (unpaired) electrons. The number of carbonyl (C=O) groups is 1. The van der Waals surface area contributed by atoms with Crippen molar-refractivity contribution >= 4 is 17.2 Å². The van der Waals surface area contributed by atoms with Gasteiger partial charge in [-0.2, -0.15) is 0 Å². The van der Waals surface area contributed by atoms with Gasteiger partial charge in [0.05, 0.1) is 10.9 Å². The van der Waals surface area contributed by atoms with Gasteiger partial charge in [-0.05, 0) is 12.1 Å². The molecule has 0 aliphatic carbocycles. The number of carbonyl (C=O) groups excluding carboxylic acids is 1. The van der Waals surface area contributed by atoms with Crippen LogP contribution in [0.4, 0.5) is 0 Å². The molecule has 1 aliphatic rings. The predicted octanol–water partition coefficient (Wildman–Crippen LogP) is 1.75. The second kappa shape index (κ2) is 3.02. The van der Waals surface area contributed by atoms with Crippen LogP contribution in [-0.2, 0) is 0 Å². The largest absolute Gasteiger partial charge is 0.486 e. The fraction of sp³-hybridized carbons (Fsp3) is 0.182. The second-order valence-corrected chi connectivity index (χ2v) is 3.37. The molecule has 15 heavy (non-hydrogen) atoms. The lowest BCUT2D eigenvalue weighted by Gasteiger charge is -2.18. The molecule has 0 bridgehead atoms. The third-order valence-electron chi connectivity index (χ3n) is 2.51. The van der Waals surface area contributed by atoms with Gasteiger partial charge in [-0.3, -0.25) is 4.79 Å². The summed E-state index contributed by atoms with van der Waals surface area (Å²) in [6.07, 6.45) is 2.49. The first-order chi connectivity index (χ1) is 7.40. The van der Waals surface area contributed by atoms with Gasteiger partial charge in [-0.25, -0.2) is 0 Å². The van der Waals surface area contributed by atoms with Crippen molar-refractivity contribution in [2.45, 2.75) is 0 Å². The maximum atomic E-state index is 10.9. The third kappa shape index (κ3) is 1.11. The van der Waals surface area contributed by atoms with Gasteiger partial charge >= 0.3 is 0 Å². The van der Waals surface area contributed by atoms with Gasteiger partial charge in [-0.15, -0.1) is 0 Å². The number of H-pyrrole nitrogens is 1. The first-order valence-corrected chi connectivity index (χ1v) is 4.75. The summed E-state index contributed by atoms with van der Waals surface area (Å²) in [5, 5.41) is 0.808. The van der Waals surface area contributed by atoms with Crippen LogP contribution in [0.1, 0.15) is 10.4 Å². The number of nitrogens with one attached hydrogen (secondary N) is 1. The highest BCUT2D eigenvalue weighted by Crippen LogP contribution is 2.38. The van der Waals surface area contributed by atoms with Crippen molar-refractivity contribution in [3.8, 4) is 11.5 Å². The Bertz CT molecular complexity index is 530. The van der Waals surface area contributed by atoms with Crippen molar-refractivity contribution in [2.75, 3.05) is 13.2 Å². The summed E-state index contributed by atoms with van der Waals surface area (Å²) in [6, 6.07) is 3.73. The lowest BCUT2D eigenvalue weighted by molar-refractivity contribution is 0.112. The van der Waals surface area contributed by atoms with Crippen molar-refractivity contribution in [1.82, 2.24) is 4.98 Å². The Labute approximate surface area is 85.8 Å². The van der Waals surface area contributed by atoms with Gasteiger partial charge in [-0.1, -0.05) is 0 Å². The number of hydrogen-bond acceptors (Lipinski definition) is 3. The van der Waals surface area contributed by atoms with Gasteiger partial charge in [0.1, 0.15) is 13.2 Å². The molecule has 0 amide bonds. The summed E-state index contributed by atoms with van der Waals surface area (Å²) in [4.78, 5) is 13.9. The van der Waals surface area contributed by atoms with E-state index < -0.39 is 0 Å². The zero-order valence-electron chi connectivity index (χ0n) is 7.95. The molecule has 0 fully saturated rings. The van der Waals surface area contributed by atoms with E-state index in [9.17, 15) is 4.79 Å². The van der Waals surface area contributed by atoms with Crippen LogP contribution in [0.5, 0.6) is 11.5 Å². The summed E-state index contributed by atoms with van der Waals surface area (Å²) in [5.74, 6) is 1.37. The lowest BCUT2D eigenvalue weighted by Crippen LogP contribution is -2.15. The van der Waals surface area contributed by atoms with Crippen LogP contribution in [0.2, 0.25) is 0 Å². The summed E-state index contributed by atoms with van der Waals surface area (Å²) >= 11 is 0. The number of fused-ring (bicyclic) bond motifs is 3. The van der Waals surface area contributed by atoms with Crippen molar-refractivity contribution in [3.05, 3.63) is 23.9 Å². The molecule has 1 aromatic heterocycles. The minimum absolute atomic E-state index is 0.523. The van der Waals surface area contributed by atoms with Crippen molar-refractivity contribution in [2.24, 2.45) is 0 Å². The SMILES string of the molecule is O=Cc1c[nH]c2ccc3c(c12)OCCO3. The highest BCUT2D eigenvalue weighted by molar-refractivity contribution is 6.02. The van der Waals surface area contributed by atoms with E-state index in [1.807, 2.05) is 12.1 Å². The van der Waals surface area contributed by atoms with Gasteiger partial charge in [0.15, 0.2) is 17.8 Å². The second-order valence-electron chi connectivity index (χ2n) is 3.37. The fourth-order valence-electron chi connectivity index (χ4n) is 1.84. The Morgan fingerprint density at radius 2 is 2.13 bits per heavy atom. The van der Waals surface area contributed by atoms with E-state index in [4.69, 9.17) is 9.47 Å². The van der Waals surface area contributed by atoms with Crippen LogP contribution < -0.4 is 9.47 Å². The van der Waals surface area contributed by atoms with E-state index in [1.165, 1.54) is 0 Å². The van der Waals surface area contributed by atoms with Gasteiger partial charge in [0, 0.05) is 11.8 Å². The van der Waals surface area contributed by atoms with Gasteiger partial charge in [0.2, 0.25) is 0 Å². The maximum Gasteiger partial charge on any atom is 0.171 e. The third-order valence-corrected chi connectivity index (χ3v) is 2.51. The summed E-state index contributed by atoms with van der Waals surface area (Å²) in [7, 11) is 0. The first kappa shape index (κ1) is 8.35. The molecule has 1 N–H and O–H groups in total. The zero-order valence-corrected chi connectivity index (χ0v) is 7.95. The monoisotopic (exact) mass is 203 g/mol. The van der Waals surface area contributed by atoms with Crippen LogP contribution >= 0.6 is 0 Å². The fourth-order valence-corrected chi connectivity index (χ4v) is 1.84. The molecule has 4 nitrogen and oxygen atoms in total. The van der Waals surface area contributed by atoms with Crippen molar-refractivity contribution < 1.29 is 14.3 Å². The number of aromatic amines is 1. The zero-order chi connectivity index (χ0) is 10.3. The Morgan fingerprint density at radius 1 is 1.27 bits per heavy atom. The predicted molar refractivity (Wildman–Crippen MR) is 54.7 cm³/mol. The number of aromatic nitrogens is 1. The van der Waals surface area contributed by atoms with Crippen LogP contribution in [0.15, 0.2) is 18.3 Å². The smallest absolute Gasteiger partial charge is 0.171 e. The standard InChI is InChI=1S/C11H9NO3/c13-6-7-5-12-8-1-2-9-11(10(7)8)15-4-3-14-9/h1-2,5-6,12H,3-4H2. The Hall–Kier alpha value is -1.97. The average Bonchev–Trinajstić information content (AvgIpc) is 2.72. The molecule has 0 spiro atoms. The number of rotatable bonds is 1. The molecule has 4 heteroatoms. The molecule has 76 valence electrons. The van der Waals surface area contributed by atoms with Gasteiger partial charge < -0.3 is 14.5 Å². The first-order valence-electron chi connectivity index (χ1n) is 4.75. The number of benzene rings is 1. The minimum atomic E-state index is 0.523. The highest BCUT2D eigenvalue weighted by Gasteiger charge is 2.18. The van der Waals surface area contributed by atoms with Crippen LogP contribution in [-0.4, -0.2) is 24.5 Å². The normalized spacial score (nSPS) is 14.1. The van der Waals surface area contributed by atoms with E-state index in [0.29, 0.717) is 30.3 Å². The van der Waals surface area contributed by atoms with Crippen molar-refractivity contribution in [3.63, 3.8) is 0 Å². The topological polar surface area (TPSA) is 51.3 Å². The van der Waals surface area contributed by atoms with E-state index in [2.05, 4.69) is 4.98 Å². The van der Waals surface area contributed by atoms with Crippen molar-refractivity contribution in [1.29, 1.82) is 0 Å². The Morgan fingerprint density at radius 3 is 3.00 bits per heavy atom. The number of aldehydes is 1. The van der Waals surface area contributed by atoms with E-state index in [0.717, 1.165) is 17.2 Å². The van der Waals surface area contributed by atoms with Crippen LogP contribution in [0.25, 0.3) is 10.9 Å². The molecule has 3 rings (SSSR count). The lowest BCUT2D eigenvalue weighted by atomic mass is 10.1. The maximum absolute atomic E-state index is 10.9. The molecule has 2 heterocycles.